The fraction of sp³-hybridized carbons (Fsp3) is 0.462. The molecule has 0 saturated heterocycles. The van der Waals surface area contributed by atoms with E-state index in [1.807, 2.05) is 52.0 Å². The van der Waals surface area contributed by atoms with E-state index in [0.717, 1.165) is 22.3 Å². The molecule has 32 heavy (non-hydrogen) atoms. The number of benzene rings is 2. The Bertz CT molecular complexity index is 1040. The van der Waals surface area contributed by atoms with Crippen LogP contribution in [-0.2, 0) is 35.3 Å². The number of ether oxygens (including phenoxy) is 4. The lowest BCUT2D eigenvalue weighted by Gasteiger charge is -2.27. The van der Waals surface area contributed by atoms with Gasteiger partial charge in [-0.3, -0.25) is 9.59 Å². The molecule has 2 heterocycles. The Morgan fingerprint density at radius 3 is 1.25 bits per heavy atom. The third kappa shape index (κ3) is 3.42. The molecule has 3 aliphatic rings. The van der Waals surface area contributed by atoms with Crippen molar-refractivity contribution >= 4 is 11.6 Å². The van der Waals surface area contributed by atoms with Gasteiger partial charge in [-0.05, 0) is 24.0 Å². The number of Topliss-reactive ketones (excluding diaryl/α,β-unsaturated/α-hetero) is 2. The van der Waals surface area contributed by atoms with E-state index in [9.17, 15) is 9.59 Å². The highest BCUT2D eigenvalue weighted by molar-refractivity contribution is 5.89. The summed E-state index contributed by atoms with van der Waals surface area (Å²) in [6.07, 6.45) is 1.52. The first-order chi connectivity index (χ1) is 15.2. The molecule has 0 saturated carbocycles. The van der Waals surface area contributed by atoms with Gasteiger partial charge in [0, 0.05) is 34.8 Å². The molecule has 6 nitrogen and oxygen atoms in total. The van der Waals surface area contributed by atoms with Crippen LogP contribution >= 0.6 is 0 Å². The number of hydrogen-bond acceptors (Lipinski definition) is 6. The lowest BCUT2D eigenvalue weighted by molar-refractivity contribution is -0.127. The van der Waals surface area contributed by atoms with E-state index in [1.54, 1.807) is 0 Å². The molecule has 0 aromatic heterocycles. The predicted molar refractivity (Wildman–Crippen MR) is 118 cm³/mol. The summed E-state index contributed by atoms with van der Waals surface area (Å²) in [5.41, 5.74) is 2.24. The third-order valence-corrected chi connectivity index (χ3v) is 6.84. The summed E-state index contributed by atoms with van der Waals surface area (Å²) in [7, 11) is 0. The zero-order valence-corrected chi connectivity index (χ0v) is 19.0. The fourth-order valence-corrected chi connectivity index (χ4v) is 4.75. The molecular formula is C26H28O6. The zero-order chi connectivity index (χ0) is 22.7. The van der Waals surface area contributed by atoms with Crippen molar-refractivity contribution in [3.05, 3.63) is 46.5 Å². The first-order valence-corrected chi connectivity index (χ1v) is 11.0. The van der Waals surface area contributed by atoms with E-state index in [2.05, 4.69) is 0 Å². The van der Waals surface area contributed by atoms with Crippen LogP contribution in [-0.4, -0.2) is 25.2 Å². The van der Waals surface area contributed by atoms with Crippen LogP contribution in [0.15, 0.2) is 24.3 Å². The average molecular weight is 437 g/mol. The average Bonchev–Trinajstić information content (AvgIpc) is 3.41. The maximum absolute atomic E-state index is 13.3. The highest BCUT2D eigenvalue weighted by atomic mass is 16.7. The molecule has 2 aromatic rings. The number of carbonyl (C=O) groups is 2. The standard InChI is InChI=1S/C26H28O6/c1-25(2)11-17-7-8-18(24-23(17)31-14-32-24)12-26(3,4)20(28)10-16-6-5-15(9-19(25)27)21-22(16)30-13-29-21/h5-8H,9-14H2,1-4H3. The molecular weight excluding hydrogens is 408 g/mol. The Morgan fingerprint density at radius 2 is 0.875 bits per heavy atom. The molecule has 0 atom stereocenters. The summed E-state index contributed by atoms with van der Waals surface area (Å²) in [5.74, 6) is 2.77. The summed E-state index contributed by atoms with van der Waals surface area (Å²) >= 11 is 0. The Hall–Kier alpha value is -3.02. The number of rotatable bonds is 0. The largest absolute Gasteiger partial charge is 0.453 e. The molecule has 6 heteroatoms. The normalized spacial score (nSPS) is 20.8. The molecule has 0 radical (unpaired) electrons. The van der Waals surface area contributed by atoms with Crippen LogP contribution in [0.25, 0.3) is 0 Å². The molecule has 0 spiro atoms. The van der Waals surface area contributed by atoms with Crippen molar-refractivity contribution < 1.29 is 28.5 Å². The van der Waals surface area contributed by atoms with Gasteiger partial charge in [0.1, 0.15) is 11.6 Å². The van der Waals surface area contributed by atoms with Crippen molar-refractivity contribution in [2.24, 2.45) is 10.8 Å². The van der Waals surface area contributed by atoms with Crippen molar-refractivity contribution in [2.75, 3.05) is 13.6 Å². The molecule has 2 aliphatic heterocycles. The van der Waals surface area contributed by atoms with Gasteiger partial charge in [0.2, 0.25) is 13.6 Å². The maximum atomic E-state index is 13.3. The minimum Gasteiger partial charge on any atom is -0.453 e. The van der Waals surface area contributed by atoms with Crippen LogP contribution in [0, 0.1) is 10.8 Å². The lowest BCUT2D eigenvalue weighted by atomic mass is 9.76. The van der Waals surface area contributed by atoms with Gasteiger partial charge in [0.25, 0.3) is 0 Å². The topological polar surface area (TPSA) is 71.1 Å². The predicted octanol–water partition coefficient (Wildman–Crippen LogP) is 4.22. The van der Waals surface area contributed by atoms with Gasteiger partial charge in [-0.25, -0.2) is 0 Å². The van der Waals surface area contributed by atoms with E-state index in [4.69, 9.17) is 18.9 Å². The second-order valence-electron chi connectivity index (χ2n) is 10.2. The van der Waals surface area contributed by atoms with Crippen molar-refractivity contribution in [3.63, 3.8) is 0 Å². The van der Waals surface area contributed by atoms with E-state index >= 15 is 0 Å². The molecule has 1 aliphatic carbocycles. The maximum Gasteiger partial charge on any atom is 0.231 e. The van der Waals surface area contributed by atoms with Gasteiger partial charge in [0.05, 0.1) is 0 Å². The van der Waals surface area contributed by atoms with Gasteiger partial charge in [0.15, 0.2) is 23.0 Å². The summed E-state index contributed by atoms with van der Waals surface area (Å²) < 4.78 is 23.1. The number of fused-ring (bicyclic) bond motifs is 12. The summed E-state index contributed by atoms with van der Waals surface area (Å²) in [5, 5.41) is 0. The van der Waals surface area contributed by atoms with Crippen LogP contribution in [0.5, 0.6) is 23.0 Å². The first kappa shape index (κ1) is 20.9. The minimum absolute atomic E-state index is 0.0968. The molecule has 0 N–H and O–H groups in total. The Balaban J connectivity index is 1.63. The molecule has 2 aromatic carbocycles. The van der Waals surface area contributed by atoms with E-state index in [-0.39, 0.29) is 38.0 Å². The van der Waals surface area contributed by atoms with Crippen molar-refractivity contribution in [1.29, 1.82) is 0 Å². The summed E-state index contributed by atoms with van der Waals surface area (Å²) in [4.78, 5) is 26.7. The van der Waals surface area contributed by atoms with Gasteiger partial charge in [-0.2, -0.15) is 0 Å². The first-order valence-electron chi connectivity index (χ1n) is 11.0. The van der Waals surface area contributed by atoms with Crippen LogP contribution in [0.3, 0.4) is 0 Å². The second-order valence-corrected chi connectivity index (χ2v) is 10.2. The Kier molecular flexibility index (Phi) is 4.73. The van der Waals surface area contributed by atoms with Crippen LogP contribution in [0.4, 0.5) is 0 Å². The quantitative estimate of drug-likeness (QED) is 0.616. The van der Waals surface area contributed by atoms with Crippen molar-refractivity contribution in [3.8, 4) is 23.0 Å². The second kappa shape index (κ2) is 7.26. The Labute approximate surface area is 187 Å². The van der Waals surface area contributed by atoms with Crippen LogP contribution in [0.1, 0.15) is 49.9 Å². The zero-order valence-electron chi connectivity index (χ0n) is 19.0. The highest BCUT2D eigenvalue weighted by Crippen LogP contribution is 2.45. The third-order valence-electron chi connectivity index (χ3n) is 6.84. The Morgan fingerprint density at radius 1 is 0.562 bits per heavy atom. The lowest BCUT2D eigenvalue weighted by Crippen LogP contribution is -2.30. The molecule has 0 unspecified atom stereocenters. The SMILES string of the molecule is CC1(C)Cc2ccc(c3c2OCO3)CC(C)(C)C(=O)Cc2ccc(c3c2OCO3)CC1=O. The summed E-state index contributed by atoms with van der Waals surface area (Å²) in [6, 6.07) is 7.80. The van der Waals surface area contributed by atoms with Crippen LogP contribution in [0.2, 0.25) is 0 Å². The van der Waals surface area contributed by atoms with Gasteiger partial charge >= 0.3 is 0 Å². The van der Waals surface area contributed by atoms with Gasteiger partial charge in [-0.1, -0.05) is 52.0 Å². The molecule has 168 valence electrons. The van der Waals surface area contributed by atoms with Crippen molar-refractivity contribution in [2.45, 2.75) is 53.4 Å². The number of ketones is 2. The molecule has 5 rings (SSSR count). The molecule has 0 fully saturated rings. The number of hydrogen-bond donors (Lipinski definition) is 0. The van der Waals surface area contributed by atoms with E-state index in [1.165, 1.54) is 0 Å². The fourth-order valence-electron chi connectivity index (χ4n) is 4.75. The van der Waals surface area contributed by atoms with Gasteiger partial charge in [-0.15, -0.1) is 0 Å². The van der Waals surface area contributed by atoms with E-state index < -0.39 is 10.8 Å². The van der Waals surface area contributed by atoms with Crippen LogP contribution < -0.4 is 18.9 Å². The molecule has 0 amide bonds. The highest BCUT2D eigenvalue weighted by Gasteiger charge is 2.36. The van der Waals surface area contributed by atoms with Gasteiger partial charge < -0.3 is 18.9 Å². The monoisotopic (exact) mass is 436 g/mol. The number of carbonyl (C=O) groups excluding carboxylic acids is 2. The van der Waals surface area contributed by atoms with E-state index in [0.29, 0.717) is 35.8 Å². The minimum atomic E-state index is -0.613. The van der Waals surface area contributed by atoms with Crippen molar-refractivity contribution in [1.82, 2.24) is 0 Å². The summed E-state index contributed by atoms with van der Waals surface area (Å²) in [6.45, 7) is 8.09. The smallest absolute Gasteiger partial charge is 0.231 e. The molecule has 4 bridgehead atoms.